The molecule has 2 aromatic rings. The first kappa shape index (κ1) is 19.9. The van der Waals surface area contributed by atoms with E-state index in [0.717, 1.165) is 11.3 Å². The van der Waals surface area contributed by atoms with Crippen LogP contribution >= 0.6 is 0 Å². The molecule has 0 atom stereocenters. The molecule has 3 amide bonds. The van der Waals surface area contributed by atoms with Gasteiger partial charge >= 0.3 is 6.03 Å². The third-order valence-electron chi connectivity index (χ3n) is 4.46. The number of benzene rings is 2. The van der Waals surface area contributed by atoms with Gasteiger partial charge in [-0.15, -0.1) is 0 Å². The smallest absolute Gasteiger partial charge is 0.337 e. The fourth-order valence-corrected chi connectivity index (χ4v) is 2.95. The predicted octanol–water partition coefficient (Wildman–Crippen LogP) is 2.97. The molecule has 9 heteroatoms. The first-order valence-corrected chi connectivity index (χ1v) is 9.09. The molecule has 3 rings (SSSR count). The molecule has 0 bridgehead atoms. The van der Waals surface area contributed by atoms with Crippen molar-refractivity contribution in [2.75, 3.05) is 23.3 Å². The molecular weight excluding hydrogens is 374 g/mol. The third kappa shape index (κ3) is 5.80. The van der Waals surface area contributed by atoms with Gasteiger partial charge in [-0.25, -0.2) is 10.2 Å². The van der Waals surface area contributed by atoms with E-state index in [1.54, 1.807) is 36.4 Å². The van der Waals surface area contributed by atoms with Gasteiger partial charge in [0.15, 0.2) is 0 Å². The molecule has 2 aromatic carbocycles. The molecule has 0 spiro atoms. The SMILES string of the molecule is O=C(CC1=CCN(c2ccc([N+](=O)[O-])cc2)CC1)NNC(=O)Nc1ccccc1. The highest BCUT2D eigenvalue weighted by Gasteiger charge is 2.16. The number of carbonyl (C=O) groups is 2. The summed E-state index contributed by atoms with van der Waals surface area (Å²) in [6, 6.07) is 14.8. The average molecular weight is 395 g/mol. The molecule has 3 N–H and O–H groups in total. The van der Waals surface area contributed by atoms with Crippen LogP contribution in [0.2, 0.25) is 0 Å². The number of hydrogen-bond acceptors (Lipinski definition) is 5. The van der Waals surface area contributed by atoms with Crippen LogP contribution in [0.25, 0.3) is 0 Å². The van der Waals surface area contributed by atoms with Crippen LogP contribution in [0.5, 0.6) is 0 Å². The van der Waals surface area contributed by atoms with Crippen LogP contribution in [-0.2, 0) is 4.79 Å². The van der Waals surface area contributed by atoms with Gasteiger partial charge in [-0.05, 0) is 30.7 Å². The second kappa shape index (κ2) is 9.36. The molecule has 150 valence electrons. The number of rotatable bonds is 5. The van der Waals surface area contributed by atoms with Gasteiger partial charge in [-0.2, -0.15) is 0 Å². The number of non-ortho nitro benzene ring substituents is 1. The van der Waals surface area contributed by atoms with Crippen LogP contribution in [0.3, 0.4) is 0 Å². The highest BCUT2D eigenvalue weighted by Crippen LogP contribution is 2.23. The van der Waals surface area contributed by atoms with E-state index >= 15 is 0 Å². The van der Waals surface area contributed by atoms with Gasteiger partial charge in [0.05, 0.1) is 4.92 Å². The Balaban J connectivity index is 1.43. The number of anilines is 2. The van der Waals surface area contributed by atoms with E-state index in [1.165, 1.54) is 12.1 Å². The Labute approximate surface area is 167 Å². The van der Waals surface area contributed by atoms with Crippen LogP contribution in [0.15, 0.2) is 66.2 Å². The number of nitrogens with one attached hydrogen (secondary N) is 3. The molecule has 1 aliphatic heterocycles. The Hall–Kier alpha value is -3.88. The summed E-state index contributed by atoms with van der Waals surface area (Å²) in [4.78, 5) is 36.2. The van der Waals surface area contributed by atoms with Crippen molar-refractivity contribution in [2.45, 2.75) is 12.8 Å². The molecule has 29 heavy (non-hydrogen) atoms. The van der Waals surface area contributed by atoms with Crippen molar-refractivity contribution in [3.8, 4) is 0 Å². The van der Waals surface area contributed by atoms with Crippen LogP contribution < -0.4 is 21.1 Å². The lowest BCUT2D eigenvalue weighted by molar-refractivity contribution is -0.384. The van der Waals surface area contributed by atoms with Gasteiger partial charge in [0.1, 0.15) is 0 Å². The van der Waals surface area contributed by atoms with Gasteiger partial charge in [0.2, 0.25) is 5.91 Å². The number of para-hydroxylation sites is 1. The van der Waals surface area contributed by atoms with Gasteiger partial charge in [-0.1, -0.05) is 29.8 Å². The van der Waals surface area contributed by atoms with Crippen LogP contribution in [0, 0.1) is 10.1 Å². The van der Waals surface area contributed by atoms with Crippen molar-refractivity contribution in [3.63, 3.8) is 0 Å². The summed E-state index contributed by atoms with van der Waals surface area (Å²) >= 11 is 0. The predicted molar refractivity (Wildman–Crippen MR) is 109 cm³/mol. The number of nitro groups is 1. The molecule has 0 aliphatic carbocycles. The fourth-order valence-electron chi connectivity index (χ4n) is 2.95. The second-order valence-electron chi connectivity index (χ2n) is 6.50. The molecule has 1 heterocycles. The van der Waals surface area contributed by atoms with Crippen LogP contribution in [-0.4, -0.2) is 30.0 Å². The number of amides is 3. The van der Waals surface area contributed by atoms with Gasteiger partial charge in [0.25, 0.3) is 5.69 Å². The molecule has 9 nitrogen and oxygen atoms in total. The van der Waals surface area contributed by atoms with E-state index in [1.807, 2.05) is 12.1 Å². The number of hydrazine groups is 1. The van der Waals surface area contributed by atoms with Crippen molar-refractivity contribution in [3.05, 3.63) is 76.4 Å². The minimum absolute atomic E-state index is 0.0578. The van der Waals surface area contributed by atoms with Gasteiger partial charge in [-0.3, -0.25) is 20.3 Å². The normalized spacial score (nSPS) is 13.2. The van der Waals surface area contributed by atoms with Gasteiger partial charge in [0, 0.05) is 43.0 Å². The Kier molecular flexibility index (Phi) is 6.41. The Bertz CT molecular complexity index is 912. The lowest BCUT2D eigenvalue weighted by Gasteiger charge is -2.28. The topological polar surface area (TPSA) is 117 Å². The van der Waals surface area contributed by atoms with E-state index in [0.29, 0.717) is 25.2 Å². The summed E-state index contributed by atoms with van der Waals surface area (Å²) in [6.07, 6.45) is 2.86. The number of nitro benzene ring substituents is 1. The van der Waals surface area contributed by atoms with Crippen LogP contribution in [0.4, 0.5) is 21.9 Å². The maximum atomic E-state index is 12.0. The van der Waals surface area contributed by atoms with E-state index in [4.69, 9.17) is 0 Å². The molecular formula is C20H21N5O4. The Morgan fingerprint density at radius 1 is 1.03 bits per heavy atom. The lowest BCUT2D eigenvalue weighted by atomic mass is 10.0. The van der Waals surface area contributed by atoms with E-state index in [9.17, 15) is 19.7 Å². The van der Waals surface area contributed by atoms with Crippen molar-refractivity contribution in [1.82, 2.24) is 10.9 Å². The first-order valence-electron chi connectivity index (χ1n) is 9.09. The summed E-state index contributed by atoms with van der Waals surface area (Å²) < 4.78 is 0. The average Bonchev–Trinajstić information content (AvgIpc) is 2.74. The Morgan fingerprint density at radius 2 is 1.76 bits per heavy atom. The molecule has 0 saturated heterocycles. The van der Waals surface area contributed by atoms with E-state index < -0.39 is 11.0 Å². The summed E-state index contributed by atoms with van der Waals surface area (Å²) in [5, 5.41) is 13.3. The van der Waals surface area contributed by atoms with E-state index in [2.05, 4.69) is 21.1 Å². The van der Waals surface area contributed by atoms with Gasteiger partial charge < -0.3 is 10.2 Å². The largest absolute Gasteiger partial charge is 0.367 e. The summed E-state index contributed by atoms with van der Waals surface area (Å²) in [6.45, 7) is 1.32. The molecule has 0 saturated carbocycles. The number of urea groups is 1. The zero-order chi connectivity index (χ0) is 20.6. The molecule has 0 fully saturated rings. The maximum absolute atomic E-state index is 12.0. The zero-order valence-corrected chi connectivity index (χ0v) is 15.6. The first-order chi connectivity index (χ1) is 14.0. The number of carbonyl (C=O) groups excluding carboxylic acids is 2. The third-order valence-corrected chi connectivity index (χ3v) is 4.46. The van der Waals surface area contributed by atoms with Crippen molar-refractivity contribution < 1.29 is 14.5 Å². The maximum Gasteiger partial charge on any atom is 0.337 e. The number of nitrogens with zero attached hydrogens (tertiary/aromatic N) is 2. The summed E-state index contributed by atoms with van der Waals surface area (Å²) in [5.41, 5.74) is 7.28. The monoisotopic (exact) mass is 395 g/mol. The lowest BCUT2D eigenvalue weighted by Crippen LogP contribution is -2.44. The fraction of sp³-hybridized carbons (Fsp3) is 0.200. The van der Waals surface area contributed by atoms with Crippen molar-refractivity contribution in [1.29, 1.82) is 0 Å². The highest BCUT2D eigenvalue weighted by atomic mass is 16.6. The van der Waals surface area contributed by atoms with Crippen molar-refractivity contribution >= 4 is 29.0 Å². The molecule has 0 radical (unpaired) electrons. The summed E-state index contributed by atoms with van der Waals surface area (Å²) in [7, 11) is 0. The minimum Gasteiger partial charge on any atom is -0.367 e. The number of hydrogen-bond donors (Lipinski definition) is 3. The second-order valence-corrected chi connectivity index (χ2v) is 6.50. The Morgan fingerprint density at radius 3 is 2.38 bits per heavy atom. The van der Waals surface area contributed by atoms with Crippen molar-refractivity contribution in [2.24, 2.45) is 0 Å². The minimum atomic E-state index is -0.522. The standard InChI is InChI=1S/C20H21N5O4/c26-19(22-23-20(27)21-16-4-2-1-3-5-16)14-15-10-12-24(13-11-15)17-6-8-18(9-7-17)25(28)29/h1-10H,11-14H2,(H,22,26)(H2,21,23,27). The van der Waals surface area contributed by atoms with E-state index in [-0.39, 0.29) is 18.0 Å². The zero-order valence-electron chi connectivity index (χ0n) is 15.6. The molecule has 0 aromatic heterocycles. The molecule has 0 unspecified atom stereocenters. The summed E-state index contributed by atoms with van der Waals surface area (Å²) in [5.74, 6) is -0.303. The quantitative estimate of drug-likeness (QED) is 0.409. The van der Waals surface area contributed by atoms with Crippen LogP contribution in [0.1, 0.15) is 12.8 Å². The highest BCUT2D eigenvalue weighted by molar-refractivity contribution is 5.91. The molecule has 1 aliphatic rings.